The second kappa shape index (κ2) is 7.09. The standard InChI is InChI=1S/C17H27NO2/c1-5-18-16(17(19-4)13-9-10-13)14-7-6-8-15(11-14)20-12(2)3/h6-8,11-13,16-18H,5,9-10H2,1-4H3. The lowest BCUT2D eigenvalue weighted by molar-refractivity contribution is 0.0511. The van der Waals surface area contributed by atoms with Gasteiger partial charge in [0.25, 0.3) is 0 Å². The maximum absolute atomic E-state index is 5.80. The molecule has 1 aliphatic rings. The number of nitrogens with one attached hydrogen (secondary N) is 1. The SMILES string of the molecule is CCNC(c1cccc(OC(C)C)c1)C(OC)C1CC1. The average Bonchev–Trinajstić information content (AvgIpc) is 3.23. The first-order chi connectivity index (χ1) is 9.65. The zero-order chi connectivity index (χ0) is 14.5. The molecule has 0 saturated heterocycles. The van der Waals surface area contributed by atoms with Crippen molar-refractivity contribution in [2.75, 3.05) is 13.7 Å². The summed E-state index contributed by atoms with van der Waals surface area (Å²) in [7, 11) is 1.82. The molecular weight excluding hydrogens is 250 g/mol. The van der Waals surface area contributed by atoms with Gasteiger partial charge in [-0.15, -0.1) is 0 Å². The van der Waals surface area contributed by atoms with E-state index >= 15 is 0 Å². The van der Waals surface area contributed by atoms with Gasteiger partial charge in [-0.05, 0) is 56.8 Å². The number of hydrogen-bond acceptors (Lipinski definition) is 3. The highest BCUT2D eigenvalue weighted by Gasteiger charge is 2.37. The number of benzene rings is 1. The third-order valence-electron chi connectivity index (χ3n) is 3.70. The van der Waals surface area contributed by atoms with Crippen LogP contribution in [0.25, 0.3) is 0 Å². The van der Waals surface area contributed by atoms with Crippen molar-refractivity contribution in [3.05, 3.63) is 29.8 Å². The van der Waals surface area contributed by atoms with Crippen LogP contribution in [0, 0.1) is 5.92 Å². The van der Waals surface area contributed by atoms with Gasteiger partial charge in [0.15, 0.2) is 0 Å². The molecular formula is C17H27NO2. The first-order valence-corrected chi connectivity index (χ1v) is 7.68. The third kappa shape index (κ3) is 3.97. The summed E-state index contributed by atoms with van der Waals surface area (Å²) in [4.78, 5) is 0. The van der Waals surface area contributed by atoms with Crippen LogP contribution in [0.2, 0.25) is 0 Å². The Morgan fingerprint density at radius 1 is 1.30 bits per heavy atom. The Kier molecular flexibility index (Phi) is 5.44. The van der Waals surface area contributed by atoms with E-state index in [0.717, 1.165) is 12.3 Å². The van der Waals surface area contributed by atoms with Crippen LogP contribution < -0.4 is 10.1 Å². The van der Waals surface area contributed by atoms with Crippen molar-refractivity contribution in [3.63, 3.8) is 0 Å². The Balaban J connectivity index is 2.19. The summed E-state index contributed by atoms with van der Waals surface area (Å²) in [5.41, 5.74) is 1.25. The van der Waals surface area contributed by atoms with Crippen LogP contribution in [0.3, 0.4) is 0 Å². The monoisotopic (exact) mass is 277 g/mol. The zero-order valence-corrected chi connectivity index (χ0v) is 13.1. The second-order valence-electron chi connectivity index (χ2n) is 5.81. The first kappa shape index (κ1) is 15.3. The van der Waals surface area contributed by atoms with E-state index in [0.29, 0.717) is 5.92 Å². The molecule has 0 radical (unpaired) electrons. The van der Waals surface area contributed by atoms with Crippen molar-refractivity contribution < 1.29 is 9.47 Å². The molecule has 3 nitrogen and oxygen atoms in total. The molecule has 0 aromatic heterocycles. The van der Waals surface area contributed by atoms with E-state index in [1.807, 2.05) is 13.2 Å². The van der Waals surface area contributed by atoms with Crippen molar-refractivity contribution in [2.45, 2.75) is 51.9 Å². The van der Waals surface area contributed by atoms with Gasteiger partial charge in [0.05, 0.1) is 18.2 Å². The molecule has 1 fully saturated rings. The summed E-state index contributed by atoms with van der Waals surface area (Å²) in [5, 5.41) is 3.57. The summed E-state index contributed by atoms with van der Waals surface area (Å²) < 4.78 is 11.6. The highest BCUT2D eigenvalue weighted by atomic mass is 16.5. The van der Waals surface area contributed by atoms with Gasteiger partial charge in [-0.3, -0.25) is 0 Å². The molecule has 20 heavy (non-hydrogen) atoms. The fourth-order valence-electron chi connectivity index (χ4n) is 2.72. The lowest BCUT2D eigenvalue weighted by atomic mass is 9.97. The van der Waals surface area contributed by atoms with Crippen molar-refractivity contribution in [1.82, 2.24) is 5.32 Å². The molecule has 112 valence electrons. The molecule has 0 bridgehead atoms. The van der Waals surface area contributed by atoms with Gasteiger partial charge >= 0.3 is 0 Å². The molecule has 1 N–H and O–H groups in total. The Morgan fingerprint density at radius 3 is 2.60 bits per heavy atom. The van der Waals surface area contributed by atoms with Crippen molar-refractivity contribution >= 4 is 0 Å². The van der Waals surface area contributed by atoms with E-state index in [-0.39, 0.29) is 18.2 Å². The summed E-state index contributed by atoms with van der Waals surface area (Å²) in [6, 6.07) is 8.63. The smallest absolute Gasteiger partial charge is 0.120 e. The predicted molar refractivity (Wildman–Crippen MR) is 82.1 cm³/mol. The minimum Gasteiger partial charge on any atom is -0.491 e. The van der Waals surface area contributed by atoms with E-state index in [9.17, 15) is 0 Å². The fraction of sp³-hybridized carbons (Fsp3) is 0.647. The number of methoxy groups -OCH3 is 1. The van der Waals surface area contributed by atoms with Crippen LogP contribution in [-0.4, -0.2) is 25.9 Å². The number of ether oxygens (including phenoxy) is 2. The van der Waals surface area contributed by atoms with Crippen molar-refractivity contribution in [2.24, 2.45) is 5.92 Å². The summed E-state index contributed by atoms with van der Waals surface area (Å²) >= 11 is 0. The normalized spacial score (nSPS) is 18.1. The number of rotatable bonds is 8. The number of likely N-dealkylation sites (N-methyl/N-ethyl adjacent to an activating group) is 1. The minimum atomic E-state index is 0.199. The summed E-state index contributed by atoms with van der Waals surface area (Å²) in [6.07, 6.45) is 3.01. The molecule has 0 amide bonds. The highest BCUT2D eigenvalue weighted by molar-refractivity contribution is 5.31. The molecule has 2 rings (SSSR count). The van der Waals surface area contributed by atoms with Gasteiger partial charge in [-0.25, -0.2) is 0 Å². The predicted octanol–water partition coefficient (Wildman–Crippen LogP) is 3.55. The Hall–Kier alpha value is -1.06. The third-order valence-corrected chi connectivity index (χ3v) is 3.70. The molecule has 0 heterocycles. The maximum Gasteiger partial charge on any atom is 0.120 e. The van der Waals surface area contributed by atoms with Gasteiger partial charge in [-0.1, -0.05) is 19.1 Å². The van der Waals surface area contributed by atoms with E-state index in [4.69, 9.17) is 9.47 Å². The topological polar surface area (TPSA) is 30.5 Å². The average molecular weight is 277 g/mol. The second-order valence-corrected chi connectivity index (χ2v) is 5.81. The van der Waals surface area contributed by atoms with Crippen LogP contribution in [-0.2, 0) is 4.74 Å². The highest BCUT2D eigenvalue weighted by Crippen LogP contribution is 2.40. The van der Waals surface area contributed by atoms with Gasteiger partial charge in [0, 0.05) is 7.11 Å². The quantitative estimate of drug-likeness (QED) is 0.788. The molecule has 1 saturated carbocycles. The lowest BCUT2D eigenvalue weighted by Crippen LogP contribution is -2.34. The minimum absolute atomic E-state index is 0.199. The maximum atomic E-state index is 5.80. The van der Waals surface area contributed by atoms with E-state index in [1.54, 1.807) is 0 Å². The molecule has 0 spiro atoms. The van der Waals surface area contributed by atoms with Crippen LogP contribution in [0.5, 0.6) is 5.75 Å². The molecule has 1 aromatic rings. The van der Waals surface area contributed by atoms with Gasteiger partial charge in [0.2, 0.25) is 0 Å². The Bertz CT molecular complexity index is 415. The zero-order valence-electron chi connectivity index (χ0n) is 13.1. The van der Waals surface area contributed by atoms with Crippen LogP contribution >= 0.6 is 0 Å². The molecule has 0 aliphatic heterocycles. The molecule has 2 atom stereocenters. The van der Waals surface area contributed by atoms with E-state index in [1.165, 1.54) is 18.4 Å². The summed E-state index contributed by atoms with van der Waals surface area (Å²) in [5.74, 6) is 1.63. The van der Waals surface area contributed by atoms with Gasteiger partial charge in [0.1, 0.15) is 5.75 Å². The lowest BCUT2D eigenvalue weighted by Gasteiger charge is -2.27. The Labute approximate surface area is 122 Å². The van der Waals surface area contributed by atoms with E-state index in [2.05, 4.69) is 44.3 Å². The summed E-state index contributed by atoms with van der Waals surface area (Å²) in [6.45, 7) is 7.18. The van der Waals surface area contributed by atoms with Gasteiger partial charge < -0.3 is 14.8 Å². The van der Waals surface area contributed by atoms with E-state index < -0.39 is 0 Å². The van der Waals surface area contributed by atoms with Gasteiger partial charge in [-0.2, -0.15) is 0 Å². The largest absolute Gasteiger partial charge is 0.491 e. The fourth-order valence-corrected chi connectivity index (χ4v) is 2.72. The molecule has 2 unspecified atom stereocenters. The molecule has 1 aromatic carbocycles. The molecule has 3 heteroatoms. The van der Waals surface area contributed by atoms with Crippen LogP contribution in [0.15, 0.2) is 24.3 Å². The molecule has 1 aliphatic carbocycles. The Morgan fingerprint density at radius 2 is 2.05 bits per heavy atom. The van der Waals surface area contributed by atoms with Crippen molar-refractivity contribution in [3.8, 4) is 5.75 Å². The number of hydrogen-bond donors (Lipinski definition) is 1. The van der Waals surface area contributed by atoms with Crippen molar-refractivity contribution in [1.29, 1.82) is 0 Å². The van der Waals surface area contributed by atoms with Crippen LogP contribution in [0.4, 0.5) is 0 Å². The van der Waals surface area contributed by atoms with Crippen LogP contribution in [0.1, 0.15) is 45.2 Å². The first-order valence-electron chi connectivity index (χ1n) is 7.68.